The molecule has 2 atom stereocenters. The van der Waals surface area contributed by atoms with Gasteiger partial charge in [0.1, 0.15) is 6.10 Å². The maximum atomic E-state index is 10.6. The molecule has 0 aromatic carbocycles. The molecule has 0 saturated heterocycles. The van der Waals surface area contributed by atoms with Gasteiger partial charge in [-0.2, -0.15) is 0 Å². The minimum atomic E-state index is -0.909. The molecule has 1 fully saturated rings. The van der Waals surface area contributed by atoms with Gasteiger partial charge in [0, 0.05) is 12.8 Å². The molecule has 0 unspecified atom stereocenters. The van der Waals surface area contributed by atoms with Gasteiger partial charge in [-0.25, -0.2) is 0 Å². The van der Waals surface area contributed by atoms with Gasteiger partial charge in [0.2, 0.25) is 0 Å². The molecule has 1 rings (SSSR count). The number of rotatable bonds is 0. The number of carbonyl (C=O) groups excluding carboxylic acids is 1. The highest BCUT2D eigenvalue weighted by Gasteiger charge is 2.24. The van der Waals surface area contributed by atoms with Crippen LogP contribution >= 0.6 is 0 Å². The Balaban J connectivity index is 2.44. The third-order valence-corrected chi connectivity index (χ3v) is 1.59. The van der Waals surface area contributed by atoms with E-state index in [9.17, 15) is 4.79 Å². The van der Waals surface area contributed by atoms with Crippen molar-refractivity contribution in [3.8, 4) is 0 Å². The maximum Gasteiger partial charge on any atom is 0.161 e. The standard InChI is InChI=1S/C6H10O3/c7-4-1-2-5(8)6(9)3-4/h4,6-7,9H,1-3H2/t4-,6-/m1/s1. The van der Waals surface area contributed by atoms with E-state index >= 15 is 0 Å². The second kappa shape index (κ2) is 2.45. The molecular weight excluding hydrogens is 120 g/mol. The zero-order chi connectivity index (χ0) is 6.85. The highest BCUT2D eigenvalue weighted by atomic mass is 16.3. The van der Waals surface area contributed by atoms with E-state index in [-0.39, 0.29) is 12.2 Å². The topological polar surface area (TPSA) is 57.5 Å². The fourth-order valence-corrected chi connectivity index (χ4v) is 0.982. The first-order valence-electron chi connectivity index (χ1n) is 3.09. The van der Waals surface area contributed by atoms with Gasteiger partial charge in [0.05, 0.1) is 6.10 Å². The number of aliphatic hydroxyl groups is 2. The van der Waals surface area contributed by atoms with Gasteiger partial charge >= 0.3 is 0 Å². The first-order chi connectivity index (χ1) is 4.20. The van der Waals surface area contributed by atoms with Crippen molar-refractivity contribution in [1.82, 2.24) is 0 Å². The molecule has 9 heavy (non-hydrogen) atoms. The Morgan fingerprint density at radius 3 is 2.56 bits per heavy atom. The van der Waals surface area contributed by atoms with Gasteiger partial charge in [0.15, 0.2) is 5.78 Å². The smallest absolute Gasteiger partial charge is 0.161 e. The van der Waals surface area contributed by atoms with Crippen LogP contribution < -0.4 is 0 Å². The molecule has 1 aliphatic carbocycles. The van der Waals surface area contributed by atoms with Crippen LogP contribution in [-0.2, 0) is 4.79 Å². The molecule has 0 spiro atoms. The van der Waals surface area contributed by atoms with Gasteiger partial charge in [-0.1, -0.05) is 0 Å². The molecule has 52 valence electrons. The van der Waals surface area contributed by atoms with Gasteiger partial charge in [-0.3, -0.25) is 4.79 Å². The lowest BCUT2D eigenvalue weighted by Crippen LogP contribution is -2.31. The Morgan fingerprint density at radius 1 is 1.44 bits per heavy atom. The number of ketones is 1. The van der Waals surface area contributed by atoms with Crippen molar-refractivity contribution < 1.29 is 15.0 Å². The monoisotopic (exact) mass is 130 g/mol. The molecular formula is C6H10O3. The third-order valence-electron chi connectivity index (χ3n) is 1.59. The fraction of sp³-hybridized carbons (Fsp3) is 0.833. The summed E-state index contributed by atoms with van der Waals surface area (Å²) >= 11 is 0. The van der Waals surface area contributed by atoms with E-state index in [1.54, 1.807) is 0 Å². The first kappa shape index (κ1) is 6.71. The summed E-state index contributed by atoms with van der Waals surface area (Å²) in [6.07, 6.45) is -0.330. The van der Waals surface area contributed by atoms with Crippen molar-refractivity contribution in [2.75, 3.05) is 0 Å². The highest BCUT2D eigenvalue weighted by molar-refractivity contribution is 5.83. The summed E-state index contributed by atoms with van der Waals surface area (Å²) in [6, 6.07) is 0. The lowest BCUT2D eigenvalue weighted by molar-refractivity contribution is -0.132. The van der Waals surface area contributed by atoms with Gasteiger partial charge in [0.25, 0.3) is 0 Å². The largest absolute Gasteiger partial charge is 0.393 e. The van der Waals surface area contributed by atoms with E-state index < -0.39 is 12.2 Å². The lowest BCUT2D eigenvalue weighted by Gasteiger charge is -2.19. The Bertz CT molecular complexity index is 121. The highest BCUT2D eigenvalue weighted by Crippen LogP contribution is 2.14. The summed E-state index contributed by atoms with van der Waals surface area (Å²) in [5.74, 6) is -0.139. The zero-order valence-corrected chi connectivity index (χ0v) is 5.08. The molecule has 0 aromatic rings. The Hall–Kier alpha value is -0.410. The predicted molar refractivity (Wildman–Crippen MR) is 30.9 cm³/mol. The van der Waals surface area contributed by atoms with Crippen LogP contribution in [0.15, 0.2) is 0 Å². The van der Waals surface area contributed by atoms with Crippen LogP contribution in [-0.4, -0.2) is 28.2 Å². The second-order valence-electron chi connectivity index (χ2n) is 2.41. The molecule has 0 aliphatic heterocycles. The molecule has 0 amide bonds. The summed E-state index contributed by atoms with van der Waals surface area (Å²) < 4.78 is 0. The molecule has 0 aromatic heterocycles. The van der Waals surface area contributed by atoms with Crippen LogP contribution in [0.2, 0.25) is 0 Å². The van der Waals surface area contributed by atoms with Crippen LogP contribution in [0.5, 0.6) is 0 Å². The van der Waals surface area contributed by atoms with E-state index in [1.165, 1.54) is 0 Å². The quantitative estimate of drug-likeness (QED) is 0.463. The molecule has 1 saturated carbocycles. The summed E-state index contributed by atoms with van der Waals surface area (Å²) in [7, 11) is 0. The number of Topliss-reactive ketones (excluding diaryl/α,β-unsaturated/α-hetero) is 1. The van der Waals surface area contributed by atoms with Crippen LogP contribution in [0.4, 0.5) is 0 Å². The number of hydrogen-bond donors (Lipinski definition) is 2. The Labute approximate surface area is 53.3 Å². The molecule has 0 radical (unpaired) electrons. The third kappa shape index (κ3) is 1.50. The number of carbonyl (C=O) groups is 1. The Morgan fingerprint density at radius 2 is 2.11 bits per heavy atom. The van der Waals surface area contributed by atoms with E-state index in [4.69, 9.17) is 10.2 Å². The van der Waals surface area contributed by atoms with E-state index in [0.717, 1.165) is 0 Å². The van der Waals surface area contributed by atoms with Gasteiger partial charge < -0.3 is 10.2 Å². The number of aliphatic hydroxyl groups excluding tert-OH is 2. The average molecular weight is 130 g/mol. The first-order valence-corrected chi connectivity index (χ1v) is 3.09. The molecule has 2 N–H and O–H groups in total. The summed E-state index contributed by atoms with van der Waals surface area (Å²) in [5.41, 5.74) is 0. The van der Waals surface area contributed by atoms with E-state index in [2.05, 4.69) is 0 Å². The van der Waals surface area contributed by atoms with Crippen LogP contribution in [0.1, 0.15) is 19.3 Å². The van der Waals surface area contributed by atoms with Crippen LogP contribution in [0.25, 0.3) is 0 Å². The van der Waals surface area contributed by atoms with Crippen molar-refractivity contribution in [2.24, 2.45) is 0 Å². The van der Waals surface area contributed by atoms with Crippen molar-refractivity contribution in [1.29, 1.82) is 0 Å². The average Bonchev–Trinajstić information content (AvgIpc) is 1.80. The summed E-state index contributed by atoms with van der Waals surface area (Å²) in [4.78, 5) is 10.6. The van der Waals surface area contributed by atoms with E-state index in [0.29, 0.717) is 12.8 Å². The van der Waals surface area contributed by atoms with Crippen molar-refractivity contribution >= 4 is 5.78 Å². The normalized spacial score (nSPS) is 36.9. The summed E-state index contributed by atoms with van der Waals surface area (Å²) in [5, 5.41) is 17.7. The molecule has 3 nitrogen and oxygen atoms in total. The zero-order valence-electron chi connectivity index (χ0n) is 5.08. The predicted octanol–water partition coefficient (Wildman–Crippen LogP) is -0.539. The van der Waals surface area contributed by atoms with Gasteiger partial charge in [-0.15, -0.1) is 0 Å². The summed E-state index contributed by atoms with van der Waals surface area (Å²) in [6.45, 7) is 0. The van der Waals surface area contributed by atoms with Crippen molar-refractivity contribution in [3.05, 3.63) is 0 Å². The minimum Gasteiger partial charge on any atom is -0.393 e. The van der Waals surface area contributed by atoms with Crippen LogP contribution in [0.3, 0.4) is 0 Å². The van der Waals surface area contributed by atoms with Crippen molar-refractivity contribution in [2.45, 2.75) is 31.5 Å². The molecule has 0 bridgehead atoms. The second-order valence-corrected chi connectivity index (χ2v) is 2.41. The SMILES string of the molecule is O=C1CC[C@@H](O)C[C@H]1O. The molecule has 0 heterocycles. The molecule has 1 aliphatic rings. The van der Waals surface area contributed by atoms with E-state index in [1.807, 2.05) is 0 Å². The lowest BCUT2D eigenvalue weighted by atomic mass is 9.94. The molecule has 3 heteroatoms. The van der Waals surface area contributed by atoms with Crippen LogP contribution in [0, 0.1) is 0 Å². The van der Waals surface area contributed by atoms with Crippen molar-refractivity contribution in [3.63, 3.8) is 0 Å². The minimum absolute atomic E-state index is 0.139. The maximum absolute atomic E-state index is 10.6. The fourth-order valence-electron chi connectivity index (χ4n) is 0.982. The Kier molecular flexibility index (Phi) is 1.83. The number of hydrogen-bond acceptors (Lipinski definition) is 3. The van der Waals surface area contributed by atoms with Gasteiger partial charge in [-0.05, 0) is 6.42 Å².